The first kappa shape index (κ1) is 24.0. The smallest absolute Gasteiger partial charge is 0.246 e. The van der Waals surface area contributed by atoms with Crippen LogP contribution >= 0.6 is 23.2 Å². The van der Waals surface area contributed by atoms with Crippen LogP contribution in [0.4, 0.5) is 0 Å². The number of sulfonamides is 1. The van der Waals surface area contributed by atoms with Gasteiger partial charge in [0.25, 0.3) is 0 Å². The second-order valence-corrected chi connectivity index (χ2v) is 11.3. The minimum atomic E-state index is -3.95. The highest BCUT2D eigenvalue weighted by atomic mass is 35.5. The van der Waals surface area contributed by atoms with E-state index in [1.807, 2.05) is 26.0 Å². The molecule has 0 bridgehead atoms. The lowest BCUT2D eigenvalue weighted by molar-refractivity contribution is -0.166. The Balaban J connectivity index is 1.75. The van der Waals surface area contributed by atoms with Crippen LogP contribution in [0.15, 0.2) is 53.4 Å². The zero-order valence-electron chi connectivity index (χ0n) is 18.3. The number of rotatable bonds is 5. The second-order valence-electron chi connectivity index (χ2n) is 8.54. The van der Waals surface area contributed by atoms with Crippen molar-refractivity contribution in [3.8, 4) is 0 Å². The molecule has 2 aliphatic heterocycles. The number of halogens is 2. The third-order valence-electron chi connectivity index (χ3n) is 6.12. The molecule has 2 amide bonds. The van der Waals surface area contributed by atoms with E-state index in [0.717, 1.165) is 5.56 Å². The van der Waals surface area contributed by atoms with Gasteiger partial charge in [-0.05, 0) is 49.7 Å². The van der Waals surface area contributed by atoms with Crippen LogP contribution in [0, 0.1) is 0 Å². The largest absolute Gasteiger partial charge is 0.335 e. The van der Waals surface area contributed by atoms with Crippen LogP contribution < -0.4 is 0 Å². The summed E-state index contributed by atoms with van der Waals surface area (Å²) >= 11 is 12.0. The number of piperazine rings is 1. The Morgan fingerprint density at radius 2 is 1.73 bits per heavy atom. The van der Waals surface area contributed by atoms with E-state index in [4.69, 9.17) is 23.2 Å². The summed E-state index contributed by atoms with van der Waals surface area (Å²) in [6, 6.07) is 12.2. The summed E-state index contributed by atoms with van der Waals surface area (Å²) in [5.41, 5.74) is 0.838. The van der Waals surface area contributed by atoms with Crippen molar-refractivity contribution in [3.63, 3.8) is 0 Å². The van der Waals surface area contributed by atoms with Crippen LogP contribution in [-0.2, 0) is 26.0 Å². The summed E-state index contributed by atoms with van der Waals surface area (Å²) < 4.78 is 28.5. The van der Waals surface area contributed by atoms with E-state index < -0.39 is 22.2 Å². The van der Waals surface area contributed by atoms with Crippen molar-refractivity contribution in [3.05, 3.63) is 64.1 Å². The monoisotopic (exact) mass is 509 g/mol. The molecule has 2 saturated heterocycles. The van der Waals surface area contributed by atoms with Crippen molar-refractivity contribution in [2.75, 3.05) is 13.1 Å². The maximum absolute atomic E-state index is 13.6. The Labute approximate surface area is 203 Å². The van der Waals surface area contributed by atoms with E-state index in [1.165, 1.54) is 21.3 Å². The fourth-order valence-electron chi connectivity index (χ4n) is 4.46. The highest BCUT2D eigenvalue weighted by molar-refractivity contribution is 7.89. The van der Waals surface area contributed by atoms with Crippen molar-refractivity contribution >= 4 is 45.0 Å². The lowest BCUT2D eigenvalue weighted by Crippen LogP contribution is -2.72. The van der Waals surface area contributed by atoms with Crippen molar-refractivity contribution in [1.82, 2.24) is 14.1 Å². The normalized spacial score (nSPS) is 22.1. The summed E-state index contributed by atoms with van der Waals surface area (Å²) in [6.45, 7) is 3.92. The molecule has 2 atom stereocenters. The lowest BCUT2D eigenvalue weighted by atomic mass is 9.97. The molecule has 0 radical (unpaired) electrons. The topological polar surface area (TPSA) is 78.0 Å². The van der Waals surface area contributed by atoms with Gasteiger partial charge in [0.15, 0.2) is 0 Å². The van der Waals surface area contributed by atoms with Gasteiger partial charge in [-0.15, -0.1) is 0 Å². The van der Waals surface area contributed by atoms with Gasteiger partial charge in [0, 0.05) is 35.5 Å². The van der Waals surface area contributed by atoms with Crippen LogP contribution in [0.25, 0.3) is 0 Å². The zero-order valence-corrected chi connectivity index (χ0v) is 20.6. The highest BCUT2D eigenvalue weighted by Crippen LogP contribution is 2.32. The van der Waals surface area contributed by atoms with E-state index in [2.05, 4.69) is 0 Å². The highest BCUT2D eigenvalue weighted by Gasteiger charge is 2.51. The molecule has 0 aliphatic carbocycles. The van der Waals surface area contributed by atoms with Crippen LogP contribution in [0.1, 0.15) is 25.8 Å². The Bertz CT molecular complexity index is 1170. The number of hydrogen-bond donors (Lipinski definition) is 0. The van der Waals surface area contributed by atoms with Crippen molar-refractivity contribution in [2.24, 2.45) is 0 Å². The van der Waals surface area contributed by atoms with Gasteiger partial charge in [-0.3, -0.25) is 9.59 Å². The Morgan fingerprint density at radius 1 is 1.03 bits per heavy atom. The molecule has 2 aromatic rings. The van der Waals surface area contributed by atoms with Crippen LogP contribution in [0.3, 0.4) is 0 Å². The summed E-state index contributed by atoms with van der Waals surface area (Å²) in [6.07, 6.45) is -0.526. The van der Waals surface area contributed by atoms with Gasteiger partial charge in [0.1, 0.15) is 12.2 Å². The molecule has 176 valence electrons. The molecule has 0 spiro atoms. The second kappa shape index (κ2) is 9.25. The molecule has 2 aliphatic rings. The van der Waals surface area contributed by atoms with Gasteiger partial charge < -0.3 is 9.80 Å². The quantitative estimate of drug-likeness (QED) is 0.618. The van der Waals surface area contributed by atoms with Gasteiger partial charge in [0.2, 0.25) is 21.8 Å². The standard InChI is InChI=1S/C23H25Cl2N3O4S/c1-15(2)26-14-21-27(33(31,32)19-5-3-4-18(25)13-19)11-10-22(29)28(21)20(23(26)30)12-16-6-8-17(24)9-7-16/h3-9,13,15,20-21H,10-12,14H2,1-2H3. The molecular formula is C23H25Cl2N3O4S. The maximum Gasteiger partial charge on any atom is 0.246 e. The summed E-state index contributed by atoms with van der Waals surface area (Å²) in [5.74, 6) is -0.417. The Kier molecular flexibility index (Phi) is 6.73. The number of carbonyl (C=O) groups excluding carboxylic acids is 2. The van der Waals surface area contributed by atoms with E-state index in [1.54, 1.807) is 29.2 Å². The third-order valence-corrected chi connectivity index (χ3v) is 8.50. The molecule has 2 fully saturated rings. The lowest BCUT2D eigenvalue weighted by Gasteiger charge is -2.52. The zero-order chi connectivity index (χ0) is 23.9. The summed E-state index contributed by atoms with van der Waals surface area (Å²) in [7, 11) is -3.95. The first-order valence-corrected chi connectivity index (χ1v) is 12.9. The number of carbonyl (C=O) groups is 2. The SMILES string of the molecule is CC(C)N1CC2N(C(=O)CCN2S(=O)(=O)c2cccc(Cl)c2)C(Cc2ccc(Cl)cc2)C1=O. The fraction of sp³-hybridized carbons (Fsp3) is 0.391. The molecule has 2 heterocycles. The van der Waals surface area contributed by atoms with E-state index in [0.29, 0.717) is 10.0 Å². The number of benzene rings is 2. The van der Waals surface area contributed by atoms with Gasteiger partial charge >= 0.3 is 0 Å². The maximum atomic E-state index is 13.6. The molecule has 10 heteroatoms. The predicted octanol–water partition coefficient (Wildman–Crippen LogP) is 3.40. The first-order valence-electron chi connectivity index (χ1n) is 10.7. The van der Waals surface area contributed by atoms with Crippen molar-refractivity contribution < 1.29 is 18.0 Å². The third kappa shape index (κ3) is 4.62. The predicted molar refractivity (Wildman–Crippen MR) is 126 cm³/mol. The summed E-state index contributed by atoms with van der Waals surface area (Å²) in [5, 5.41) is 0.882. The number of hydrogen-bond acceptors (Lipinski definition) is 4. The minimum Gasteiger partial charge on any atom is -0.335 e. The first-order chi connectivity index (χ1) is 15.6. The Morgan fingerprint density at radius 3 is 2.36 bits per heavy atom. The molecule has 4 rings (SSSR count). The molecule has 2 unspecified atom stereocenters. The van der Waals surface area contributed by atoms with Crippen molar-refractivity contribution in [1.29, 1.82) is 0 Å². The molecule has 2 aromatic carbocycles. The van der Waals surface area contributed by atoms with Crippen LogP contribution in [-0.4, -0.2) is 65.7 Å². The fourth-order valence-corrected chi connectivity index (χ4v) is 6.46. The molecule has 0 aromatic heterocycles. The molecule has 0 N–H and O–H groups in total. The molecule has 0 saturated carbocycles. The van der Waals surface area contributed by atoms with Crippen molar-refractivity contribution in [2.45, 2.75) is 49.8 Å². The number of fused-ring (bicyclic) bond motifs is 1. The van der Waals surface area contributed by atoms with E-state index >= 15 is 0 Å². The van der Waals surface area contributed by atoms with Gasteiger partial charge in [-0.2, -0.15) is 4.31 Å². The summed E-state index contributed by atoms with van der Waals surface area (Å²) in [4.78, 5) is 29.7. The van der Waals surface area contributed by atoms with E-state index in [-0.39, 0.29) is 48.7 Å². The number of amides is 2. The van der Waals surface area contributed by atoms with E-state index in [9.17, 15) is 18.0 Å². The van der Waals surface area contributed by atoms with Gasteiger partial charge in [0.05, 0.1) is 11.4 Å². The molecule has 33 heavy (non-hydrogen) atoms. The van der Waals surface area contributed by atoms with Crippen LogP contribution in [0.2, 0.25) is 10.0 Å². The average Bonchev–Trinajstić information content (AvgIpc) is 2.76. The molecule has 7 nitrogen and oxygen atoms in total. The van der Waals surface area contributed by atoms with Gasteiger partial charge in [-0.1, -0.05) is 41.4 Å². The average molecular weight is 510 g/mol. The number of nitrogens with zero attached hydrogens (tertiary/aromatic N) is 3. The molecular weight excluding hydrogens is 485 g/mol. The van der Waals surface area contributed by atoms with Gasteiger partial charge in [-0.25, -0.2) is 8.42 Å². The van der Waals surface area contributed by atoms with Crippen LogP contribution in [0.5, 0.6) is 0 Å². The minimum absolute atomic E-state index is 0.00235. The Hall–Kier alpha value is -2.13.